The zero-order valence-corrected chi connectivity index (χ0v) is 11.7. The van der Waals surface area contributed by atoms with Gasteiger partial charge in [-0.05, 0) is 18.9 Å². The predicted molar refractivity (Wildman–Crippen MR) is 73.8 cm³/mol. The molecule has 0 fully saturated rings. The molecule has 0 bridgehead atoms. The number of rotatable bonds is 4. The number of nitrogens with one attached hydrogen (secondary N) is 1. The molecule has 1 N–H and O–H groups in total. The molecule has 0 aliphatic rings. The van der Waals surface area contributed by atoms with E-state index in [0.29, 0.717) is 17.5 Å². The first-order valence-corrected chi connectivity index (χ1v) is 6.34. The second kappa shape index (κ2) is 5.36. The van der Waals surface area contributed by atoms with Gasteiger partial charge in [0.1, 0.15) is 5.52 Å². The fourth-order valence-corrected chi connectivity index (χ4v) is 2.24. The largest absolute Gasteiger partial charge is 0.466 e. The summed E-state index contributed by atoms with van der Waals surface area (Å²) in [6, 6.07) is 0. The number of esters is 1. The molecule has 0 aromatic carbocycles. The third kappa shape index (κ3) is 2.38. The van der Waals surface area contributed by atoms with Crippen molar-refractivity contribution in [2.24, 2.45) is 7.05 Å². The smallest absolute Gasteiger partial charge is 0.331 e. The molecule has 2 aromatic heterocycles. The molecule has 2 rings (SSSR count). The van der Waals surface area contributed by atoms with Crippen LogP contribution in [-0.2, 0) is 23.1 Å². The minimum atomic E-state index is -0.374. The molecule has 0 saturated heterocycles. The quantitative estimate of drug-likeness (QED) is 0.644. The van der Waals surface area contributed by atoms with Crippen LogP contribution in [0, 0.1) is 6.92 Å². The second-order valence-electron chi connectivity index (χ2n) is 4.69. The van der Waals surface area contributed by atoms with E-state index in [1.54, 1.807) is 13.2 Å². The Morgan fingerprint density at radius 3 is 2.75 bits per heavy atom. The summed E-state index contributed by atoms with van der Waals surface area (Å²) >= 11 is 0. The minimum Gasteiger partial charge on any atom is -0.466 e. The molecule has 0 radical (unpaired) electrons. The maximum Gasteiger partial charge on any atom is 0.331 e. The fourth-order valence-electron chi connectivity index (χ4n) is 2.24. The average Bonchev–Trinajstić information content (AvgIpc) is 2.77. The summed E-state index contributed by atoms with van der Waals surface area (Å²) in [5.41, 5.74) is 1.17. The van der Waals surface area contributed by atoms with Crippen LogP contribution in [0.4, 0.5) is 0 Å². The molecular formula is C13H17N3O4. The van der Waals surface area contributed by atoms with Crippen molar-refractivity contribution in [3.05, 3.63) is 32.6 Å². The van der Waals surface area contributed by atoms with Gasteiger partial charge in [0.15, 0.2) is 0 Å². The number of ether oxygens (including phenoxy) is 1. The molecule has 0 atom stereocenters. The Morgan fingerprint density at radius 2 is 2.10 bits per heavy atom. The minimum absolute atomic E-state index is 0.187. The van der Waals surface area contributed by atoms with Crippen molar-refractivity contribution in [2.75, 3.05) is 6.61 Å². The molecule has 108 valence electrons. The van der Waals surface area contributed by atoms with Crippen molar-refractivity contribution in [1.82, 2.24) is 14.1 Å². The Morgan fingerprint density at radius 1 is 1.40 bits per heavy atom. The first-order valence-electron chi connectivity index (χ1n) is 6.34. The van der Waals surface area contributed by atoms with Gasteiger partial charge in [0.25, 0.3) is 5.56 Å². The first kappa shape index (κ1) is 14.1. The van der Waals surface area contributed by atoms with Crippen molar-refractivity contribution in [3.63, 3.8) is 0 Å². The summed E-state index contributed by atoms with van der Waals surface area (Å²) in [7, 11) is 1.63. The molecule has 7 nitrogen and oxygen atoms in total. The number of fused-ring (bicyclic) bond motifs is 1. The van der Waals surface area contributed by atoms with Crippen LogP contribution in [0.2, 0.25) is 0 Å². The molecule has 0 amide bonds. The fraction of sp³-hybridized carbons (Fsp3) is 0.462. The molecule has 20 heavy (non-hydrogen) atoms. The van der Waals surface area contributed by atoms with Crippen molar-refractivity contribution < 1.29 is 9.53 Å². The van der Waals surface area contributed by atoms with Crippen LogP contribution in [0.25, 0.3) is 11.0 Å². The van der Waals surface area contributed by atoms with Crippen molar-refractivity contribution in [1.29, 1.82) is 0 Å². The Kier molecular flexibility index (Phi) is 3.78. The van der Waals surface area contributed by atoms with Gasteiger partial charge >= 0.3 is 11.7 Å². The van der Waals surface area contributed by atoms with E-state index in [0.717, 1.165) is 10.1 Å². The monoisotopic (exact) mass is 279 g/mol. The summed E-state index contributed by atoms with van der Waals surface area (Å²) in [5, 5.41) is 0. The van der Waals surface area contributed by atoms with Gasteiger partial charge in [0.05, 0.1) is 12.1 Å². The predicted octanol–water partition coefficient (Wildman–Crippen LogP) is 0.290. The number of H-pyrrole nitrogens is 1. The van der Waals surface area contributed by atoms with E-state index in [1.807, 2.05) is 6.92 Å². The molecule has 0 saturated carbocycles. The Bertz CT molecular complexity index is 766. The van der Waals surface area contributed by atoms with E-state index in [1.165, 1.54) is 11.5 Å². The lowest BCUT2D eigenvalue weighted by Crippen LogP contribution is -2.39. The van der Waals surface area contributed by atoms with Gasteiger partial charge in [0, 0.05) is 26.7 Å². The number of nitrogens with zero attached hydrogens (tertiary/aromatic N) is 2. The third-order valence-corrected chi connectivity index (χ3v) is 3.19. The highest BCUT2D eigenvalue weighted by Crippen LogP contribution is 2.10. The van der Waals surface area contributed by atoms with Gasteiger partial charge in [-0.15, -0.1) is 0 Å². The standard InChI is InChI=1S/C13H17N3O4/c1-8-7-14-10-11(8)15(3)13(19)16(12(10)18)5-4-6-20-9(2)17/h7,14H,4-6H2,1-3H3. The Balaban J connectivity index is 2.37. The number of hydrogen-bond acceptors (Lipinski definition) is 4. The van der Waals surface area contributed by atoms with Gasteiger partial charge in [0.2, 0.25) is 0 Å². The maximum absolute atomic E-state index is 12.3. The van der Waals surface area contributed by atoms with E-state index in [-0.39, 0.29) is 30.4 Å². The van der Waals surface area contributed by atoms with Gasteiger partial charge in [-0.3, -0.25) is 18.7 Å². The summed E-state index contributed by atoms with van der Waals surface area (Å²) in [6.07, 6.45) is 2.12. The van der Waals surface area contributed by atoms with E-state index >= 15 is 0 Å². The lowest BCUT2D eigenvalue weighted by molar-refractivity contribution is -0.141. The summed E-state index contributed by atoms with van der Waals surface area (Å²) in [5.74, 6) is -0.374. The SMILES string of the molecule is CC(=O)OCCCn1c(=O)c2[nH]cc(C)c2n(C)c1=O. The number of aromatic nitrogens is 3. The number of carbonyl (C=O) groups is 1. The maximum atomic E-state index is 12.3. The van der Waals surface area contributed by atoms with Crippen LogP contribution < -0.4 is 11.2 Å². The number of aromatic amines is 1. The number of hydrogen-bond donors (Lipinski definition) is 1. The lowest BCUT2D eigenvalue weighted by atomic mass is 10.3. The van der Waals surface area contributed by atoms with Crippen LogP contribution in [0.5, 0.6) is 0 Å². The van der Waals surface area contributed by atoms with Crippen LogP contribution in [-0.4, -0.2) is 26.7 Å². The lowest BCUT2D eigenvalue weighted by Gasteiger charge is -2.09. The van der Waals surface area contributed by atoms with Crippen LogP contribution in [0.15, 0.2) is 15.8 Å². The molecule has 2 heterocycles. The average molecular weight is 279 g/mol. The van der Waals surface area contributed by atoms with Crippen molar-refractivity contribution in [3.8, 4) is 0 Å². The zero-order chi connectivity index (χ0) is 14.9. The molecule has 2 aromatic rings. The zero-order valence-electron chi connectivity index (χ0n) is 11.7. The van der Waals surface area contributed by atoms with E-state index in [9.17, 15) is 14.4 Å². The number of carbonyl (C=O) groups excluding carboxylic acids is 1. The molecule has 7 heteroatoms. The van der Waals surface area contributed by atoms with Gasteiger partial charge in [-0.25, -0.2) is 4.79 Å². The second-order valence-corrected chi connectivity index (χ2v) is 4.69. The Labute approximate surface area is 114 Å². The highest BCUT2D eigenvalue weighted by Gasteiger charge is 2.13. The van der Waals surface area contributed by atoms with Crippen molar-refractivity contribution in [2.45, 2.75) is 26.8 Å². The topological polar surface area (TPSA) is 86.1 Å². The van der Waals surface area contributed by atoms with E-state index in [2.05, 4.69) is 4.98 Å². The molecule has 0 aliphatic carbocycles. The summed E-state index contributed by atoms with van der Waals surface area (Å²) in [4.78, 5) is 38.0. The van der Waals surface area contributed by atoms with Crippen LogP contribution >= 0.6 is 0 Å². The summed E-state index contributed by atoms with van der Waals surface area (Å²) in [6.45, 7) is 3.56. The normalized spacial score (nSPS) is 10.9. The molecule has 0 unspecified atom stereocenters. The Hall–Kier alpha value is -2.31. The highest BCUT2D eigenvalue weighted by molar-refractivity contribution is 5.78. The number of aryl methyl sites for hydroxylation is 2. The van der Waals surface area contributed by atoms with E-state index < -0.39 is 0 Å². The third-order valence-electron chi connectivity index (χ3n) is 3.19. The molecule has 0 spiro atoms. The summed E-state index contributed by atoms with van der Waals surface area (Å²) < 4.78 is 7.40. The molecular weight excluding hydrogens is 262 g/mol. The van der Waals surface area contributed by atoms with Gasteiger partial charge < -0.3 is 9.72 Å². The molecule has 0 aliphatic heterocycles. The van der Waals surface area contributed by atoms with Crippen LogP contribution in [0.3, 0.4) is 0 Å². The first-order chi connectivity index (χ1) is 9.43. The van der Waals surface area contributed by atoms with Gasteiger partial charge in [-0.2, -0.15) is 0 Å². The van der Waals surface area contributed by atoms with E-state index in [4.69, 9.17) is 4.74 Å². The van der Waals surface area contributed by atoms with Crippen LogP contribution in [0.1, 0.15) is 18.9 Å². The van der Waals surface area contributed by atoms with Crippen molar-refractivity contribution >= 4 is 17.0 Å². The highest BCUT2D eigenvalue weighted by atomic mass is 16.5. The van der Waals surface area contributed by atoms with Gasteiger partial charge in [-0.1, -0.05) is 0 Å².